The molecule has 0 heterocycles. The molecule has 0 amide bonds. The molecule has 0 aliphatic heterocycles. The maximum Gasteiger partial charge on any atom is 0.0328 e. The molecule has 2 aliphatic carbocycles. The first-order valence-corrected chi connectivity index (χ1v) is 6.93. The zero-order chi connectivity index (χ0) is 12.0. The van der Waals surface area contributed by atoms with E-state index < -0.39 is 0 Å². The van der Waals surface area contributed by atoms with Crippen molar-refractivity contribution in [2.45, 2.75) is 51.5 Å². The quantitative estimate of drug-likeness (QED) is 0.833. The van der Waals surface area contributed by atoms with Crippen LogP contribution in [-0.4, -0.2) is 0 Å². The molecule has 0 saturated heterocycles. The summed E-state index contributed by atoms with van der Waals surface area (Å²) in [4.78, 5) is 0. The van der Waals surface area contributed by atoms with Crippen molar-refractivity contribution in [3.05, 3.63) is 35.4 Å². The van der Waals surface area contributed by atoms with E-state index in [1.165, 1.54) is 36.8 Å². The fraction of sp³-hybridized carbons (Fsp3) is 0.625. The van der Waals surface area contributed by atoms with E-state index in [0.717, 1.165) is 5.92 Å². The second kappa shape index (κ2) is 3.84. The third-order valence-corrected chi connectivity index (χ3v) is 4.90. The summed E-state index contributed by atoms with van der Waals surface area (Å²) < 4.78 is 0. The molecule has 17 heavy (non-hydrogen) atoms. The SMILES string of the molecule is CC1(C)CC1C(N)c1cccc(C2CCC2)c1. The molecule has 0 radical (unpaired) electrons. The van der Waals surface area contributed by atoms with Crippen molar-refractivity contribution in [3.8, 4) is 0 Å². The van der Waals surface area contributed by atoms with Gasteiger partial charge in [0.25, 0.3) is 0 Å². The summed E-state index contributed by atoms with van der Waals surface area (Å²) in [5, 5.41) is 0. The van der Waals surface area contributed by atoms with Crippen LogP contribution in [0.15, 0.2) is 24.3 Å². The molecular formula is C16H23N. The molecule has 2 atom stereocenters. The van der Waals surface area contributed by atoms with Gasteiger partial charge >= 0.3 is 0 Å². The first kappa shape index (κ1) is 11.3. The number of hydrogen-bond acceptors (Lipinski definition) is 1. The summed E-state index contributed by atoms with van der Waals surface area (Å²) in [7, 11) is 0. The Hall–Kier alpha value is -0.820. The van der Waals surface area contributed by atoms with Gasteiger partial charge in [0.05, 0.1) is 0 Å². The lowest BCUT2D eigenvalue weighted by molar-refractivity contribution is 0.418. The number of benzene rings is 1. The smallest absolute Gasteiger partial charge is 0.0328 e. The number of nitrogens with two attached hydrogens (primary N) is 1. The molecular weight excluding hydrogens is 206 g/mol. The molecule has 2 unspecified atom stereocenters. The molecule has 1 heteroatoms. The second-order valence-corrected chi connectivity index (χ2v) is 6.62. The van der Waals surface area contributed by atoms with E-state index in [2.05, 4.69) is 38.1 Å². The Labute approximate surface area is 104 Å². The summed E-state index contributed by atoms with van der Waals surface area (Å²) in [6.45, 7) is 4.65. The molecule has 0 spiro atoms. The molecule has 1 aromatic rings. The van der Waals surface area contributed by atoms with Crippen LogP contribution >= 0.6 is 0 Å². The summed E-state index contributed by atoms with van der Waals surface area (Å²) in [5.41, 5.74) is 9.74. The van der Waals surface area contributed by atoms with Crippen LogP contribution in [0, 0.1) is 11.3 Å². The topological polar surface area (TPSA) is 26.0 Å². The number of hydrogen-bond donors (Lipinski definition) is 1. The summed E-state index contributed by atoms with van der Waals surface area (Å²) in [6, 6.07) is 9.28. The minimum Gasteiger partial charge on any atom is -0.324 e. The van der Waals surface area contributed by atoms with Crippen LogP contribution < -0.4 is 5.73 Å². The van der Waals surface area contributed by atoms with Gasteiger partial charge in [0, 0.05) is 6.04 Å². The van der Waals surface area contributed by atoms with Crippen molar-refractivity contribution in [2.24, 2.45) is 17.1 Å². The van der Waals surface area contributed by atoms with Gasteiger partial charge in [-0.25, -0.2) is 0 Å². The maximum absolute atomic E-state index is 6.40. The van der Waals surface area contributed by atoms with Gasteiger partial charge in [-0.1, -0.05) is 44.5 Å². The minimum atomic E-state index is 0.241. The van der Waals surface area contributed by atoms with Crippen molar-refractivity contribution in [1.29, 1.82) is 0 Å². The van der Waals surface area contributed by atoms with Crippen LogP contribution in [0.2, 0.25) is 0 Å². The highest BCUT2D eigenvalue weighted by Gasteiger charge is 2.49. The van der Waals surface area contributed by atoms with E-state index in [0.29, 0.717) is 11.3 Å². The van der Waals surface area contributed by atoms with Crippen LogP contribution in [0.3, 0.4) is 0 Å². The summed E-state index contributed by atoms with van der Waals surface area (Å²) >= 11 is 0. The van der Waals surface area contributed by atoms with Crippen molar-refractivity contribution in [1.82, 2.24) is 0 Å². The van der Waals surface area contributed by atoms with E-state index >= 15 is 0 Å². The van der Waals surface area contributed by atoms with Crippen LogP contribution in [0.25, 0.3) is 0 Å². The Balaban J connectivity index is 1.78. The standard InChI is InChI=1S/C16H23N/c1-16(2)10-14(16)15(17)13-8-4-7-12(9-13)11-5-3-6-11/h4,7-9,11,14-15H,3,5-6,10,17H2,1-2H3. The van der Waals surface area contributed by atoms with Crippen LogP contribution in [0.4, 0.5) is 0 Å². The van der Waals surface area contributed by atoms with Gasteiger partial charge in [0.15, 0.2) is 0 Å². The molecule has 0 aromatic heterocycles. The lowest BCUT2D eigenvalue weighted by atomic mass is 9.79. The lowest BCUT2D eigenvalue weighted by Gasteiger charge is -2.26. The van der Waals surface area contributed by atoms with E-state index in [1.54, 1.807) is 0 Å². The highest BCUT2D eigenvalue weighted by atomic mass is 14.7. The molecule has 0 bridgehead atoms. The molecule has 1 nitrogen and oxygen atoms in total. The molecule has 2 fully saturated rings. The lowest BCUT2D eigenvalue weighted by Crippen LogP contribution is -2.16. The van der Waals surface area contributed by atoms with Gasteiger partial charge in [0.1, 0.15) is 0 Å². The van der Waals surface area contributed by atoms with E-state index in [9.17, 15) is 0 Å². The molecule has 2 aliphatic rings. The zero-order valence-corrected chi connectivity index (χ0v) is 10.9. The van der Waals surface area contributed by atoms with E-state index in [-0.39, 0.29) is 6.04 Å². The Morgan fingerprint density at radius 1 is 1.29 bits per heavy atom. The van der Waals surface area contributed by atoms with Crippen molar-refractivity contribution >= 4 is 0 Å². The van der Waals surface area contributed by atoms with Gasteiger partial charge in [0.2, 0.25) is 0 Å². The highest BCUT2D eigenvalue weighted by Crippen LogP contribution is 2.57. The third-order valence-electron chi connectivity index (χ3n) is 4.90. The first-order chi connectivity index (χ1) is 8.08. The van der Waals surface area contributed by atoms with Gasteiger partial charge in [-0.2, -0.15) is 0 Å². The Kier molecular flexibility index (Phi) is 2.55. The van der Waals surface area contributed by atoms with E-state index in [1.807, 2.05) is 0 Å². The Morgan fingerprint density at radius 2 is 2.00 bits per heavy atom. The van der Waals surface area contributed by atoms with Crippen molar-refractivity contribution in [2.75, 3.05) is 0 Å². The van der Waals surface area contributed by atoms with Crippen molar-refractivity contribution < 1.29 is 0 Å². The molecule has 3 rings (SSSR count). The Bertz CT molecular complexity index is 417. The maximum atomic E-state index is 6.40. The van der Waals surface area contributed by atoms with Crippen LogP contribution in [0.1, 0.15) is 62.6 Å². The van der Waals surface area contributed by atoms with Crippen LogP contribution in [0.5, 0.6) is 0 Å². The first-order valence-electron chi connectivity index (χ1n) is 6.93. The van der Waals surface area contributed by atoms with Crippen molar-refractivity contribution in [3.63, 3.8) is 0 Å². The van der Waals surface area contributed by atoms with Gasteiger partial charge < -0.3 is 5.73 Å². The molecule has 2 N–H and O–H groups in total. The largest absolute Gasteiger partial charge is 0.324 e. The Morgan fingerprint density at radius 3 is 2.53 bits per heavy atom. The summed E-state index contributed by atoms with van der Waals surface area (Å²) in [6.07, 6.45) is 5.42. The average molecular weight is 229 g/mol. The molecule has 2 saturated carbocycles. The number of rotatable bonds is 3. The average Bonchev–Trinajstić information content (AvgIpc) is 2.85. The van der Waals surface area contributed by atoms with Gasteiger partial charge in [-0.3, -0.25) is 0 Å². The fourth-order valence-corrected chi connectivity index (χ4v) is 3.12. The van der Waals surface area contributed by atoms with Crippen LogP contribution in [-0.2, 0) is 0 Å². The van der Waals surface area contributed by atoms with Gasteiger partial charge in [-0.15, -0.1) is 0 Å². The molecule has 1 aromatic carbocycles. The predicted octanol–water partition coefficient (Wildman–Crippen LogP) is 4.00. The monoisotopic (exact) mass is 229 g/mol. The van der Waals surface area contributed by atoms with Gasteiger partial charge in [-0.05, 0) is 47.6 Å². The zero-order valence-electron chi connectivity index (χ0n) is 10.9. The third kappa shape index (κ3) is 2.01. The summed E-state index contributed by atoms with van der Waals surface area (Å²) in [5.74, 6) is 1.49. The fourth-order valence-electron chi connectivity index (χ4n) is 3.12. The normalized spacial score (nSPS) is 28.5. The molecule has 92 valence electrons. The highest BCUT2D eigenvalue weighted by molar-refractivity contribution is 5.31. The predicted molar refractivity (Wildman–Crippen MR) is 71.9 cm³/mol. The minimum absolute atomic E-state index is 0.241. The second-order valence-electron chi connectivity index (χ2n) is 6.62. The van der Waals surface area contributed by atoms with E-state index in [4.69, 9.17) is 5.73 Å².